The zero-order valence-electron chi connectivity index (χ0n) is 11.3. The summed E-state index contributed by atoms with van der Waals surface area (Å²) in [4.78, 5) is 22.3. The Hall–Kier alpha value is -2.24. The lowest BCUT2D eigenvalue weighted by Gasteiger charge is -2.10. The van der Waals surface area contributed by atoms with Gasteiger partial charge in [0.2, 0.25) is 0 Å². The number of hydrazine groups is 1. The lowest BCUT2D eigenvalue weighted by Crippen LogP contribution is -2.44. The number of nitrogens with one attached hydrogen (secondary N) is 2. The fourth-order valence-electron chi connectivity index (χ4n) is 1.33. The van der Waals surface area contributed by atoms with E-state index in [9.17, 15) is 9.59 Å². The number of carbonyl (C=O) groups excluding carboxylic acids is 2. The van der Waals surface area contributed by atoms with Gasteiger partial charge in [-0.3, -0.25) is 10.2 Å². The first-order valence-corrected chi connectivity index (χ1v) is 5.94. The van der Waals surface area contributed by atoms with Crippen LogP contribution in [0.3, 0.4) is 0 Å². The summed E-state index contributed by atoms with van der Waals surface area (Å²) in [6, 6.07) is 5.73. The van der Waals surface area contributed by atoms with Gasteiger partial charge in [0.15, 0.2) is 6.61 Å². The molecule has 0 unspecified atom stereocenters. The second-order valence-electron chi connectivity index (χ2n) is 3.95. The highest BCUT2D eigenvalue weighted by Gasteiger charge is 2.07. The van der Waals surface area contributed by atoms with E-state index in [2.05, 4.69) is 15.6 Å². The van der Waals surface area contributed by atoms with Crippen LogP contribution in [-0.4, -0.2) is 25.2 Å². The molecule has 0 aromatic heterocycles. The lowest BCUT2D eigenvalue weighted by molar-refractivity contribution is -0.124. The third-order valence-electron chi connectivity index (χ3n) is 2.28. The molecule has 6 heteroatoms. The van der Waals surface area contributed by atoms with Crippen LogP contribution in [0, 0.1) is 13.8 Å². The maximum absolute atomic E-state index is 11.4. The Morgan fingerprint density at radius 3 is 2.63 bits per heavy atom. The molecule has 104 valence electrons. The summed E-state index contributed by atoms with van der Waals surface area (Å²) in [6.45, 7) is 5.56. The van der Waals surface area contributed by atoms with Crippen molar-refractivity contribution in [2.45, 2.75) is 20.8 Å². The minimum Gasteiger partial charge on any atom is -0.483 e. The van der Waals surface area contributed by atoms with Crippen molar-refractivity contribution >= 4 is 12.0 Å². The van der Waals surface area contributed by atoms with Crippen LogP contribution in [0.1, 0.15) is 18.1 Å². The van der Waals surface area contributed by atoms with Crippen molar-refractivity contribution in [3.8, 4) is 5.75 Å². The molecule has 2 N–H and O–H groups in total. The standard InChI is InChI=1S/C13H18N2O4/c1-4-18-13(17)15-14-12(16)8-19-11-7-9(2)5-6-10(11)3/h5-7H,4,8H2,1-3H3,(H,14,16)(H,15,17). The summed E-state index contributed by atoms with van der Waals surface area (Å²) < 4.78 is 9.95. The first-order valence-electron chi connectivity index (χ1n) is 5.94. The molecule has 6 nitrogen and oxygen atoms in total. The number of amides is 2. The van der Waals surface area contributed by atoms with E-state index in [-0.39, 0.29) is 13.2 Å². The topological polar surface area (TPSA) is 76.7 Å². The highest BCUT2D eigenvalue weighted by molar-refractivity contribution is 5.80. The number of aryl methyl sites for hydroxylation is 2. The van der Waals surface area contributed by atoms with Crippen molar-refractivity contribution in [1.82, 2.24) is 10.9 Å². The zero-order valence-corrected chi connectivity index (χ0v) is 11.3. The highest BCUT2D eigenvalue weighted by atomic mass is 16.6. The molecule has 0 fully saturated rings. The maximum atomic E-state index is 11.4. The van der Waals surface area contributed by atoms with Crippen LogP contribution in [0.25, 0.3) is 0 Å². The van der Waals surface area contributed by atoms with Gasteiger partial charge in [-0.15, -0.1) is 0 Å². The molecule has 0 saturated heterocycles. The normalized spacial score (nSPS) is 9.63. The molecule has 0 atom stereocenters. The molecular weight excluding hydrogens is 248 g/mol. The second-order valence-corrected chi connectivity index (χ2v) is 3.95. The van der Waals surface area contributed by atoms with Crippen LogP contribution in [0.2, 0.25) is 0 Å². The Balaban J connectivity index is 2.38. The molecule has 0 saturated carbocycles. The van der Waals surface area contributed by atoms with E-state index >= 15 is 0 Å². The van der Waals surface area contributed by atoms with Gasteiger partial charge in [-0.25, -0.2) is 10.2 Å². The third-order valence-corrected chi connectivity index (χ3v) is 2.28. The molecule has 0 bridgehead atoms. The average Bonchev–Trinajstić information content (AvgIpc) is 2.38. The summed E-state index contributed by atoms with van der Waals surface area (Å²) >= 11 is 0. The van der Waals surface area contributed by atoms with Gasteiger partial charge in [0.05, 0.1) is 6.61 Å². The van der Waals surface area contributed by atoms with E-state index in [4.69, 9.17) is 4.74 Å². The summed E-state index contributed by atoms with van der Waals surface area (Å²) in [6.07, 6.45) is -0.706. The summed E-state index contributed by atoms with van der Waals surface area (Å²) in [7, 11) is 0. The van der Waals surface area contributed by atoms with Crippen LogP contribution in [0.4, 0.5) is 4.79 Å². The van der Waals surface area contributed by atoms with Gasteiger partial charge >= 0.3 is 6.09 Å². The van der Waals surface area contributed by atoms with E-state index < -0.39 is 12.0 Å². The molecule has 0 aliphatic heterocycles. The predicted octanol–water partition coefficient (Wildman–Crippen LogP) is 1.46. The Kier molecular flexibility index (Phi) is 5.66. The average molecular weight is 266 g/mol. The van der Waals surface area contributed by atoms with E-state index in [1.807, 2.05) is 32.0 Å². The number of rotatable bonds is 4. The first-order chi connectivity index (χ1) is 9.02. The molecule has 1 aromatic carbocycles. The fourth-order valence-corrected chi connectivity index (χ4v) is 1.33. The van der Waals surface area contributed by atoms with Crippen molar-refractivity contribution in [2.75, 3.05) is 13.2 Å². The molecule has 0 aliphatic carbocycles. The number of ether oxygens (including phenoxy) is 2. The molecule has 0 aliphatic rings. The van der Waals surface area contributed by atoms with Crippen molar-refractivity contribution < 1.29 is 19.1 Å². The molecule has 1 aromatic rings. The van der Waals surface area contributed by atoms with Gasteiger partial charge in [0.1, 0.15) is 5.75 Å². The second kappa shape index (κ2) is 7.25. The Bertz CT molecular complexity index is 460. The summed E-state index contributed by atoms with van der Waals surface area (Å²) in [5.74, 6) is 0.181. The Morgan fingerprint density at radius 1 is 1.21 bits per heavy atom. The summed E-state index contributed by atoms with van der Waals surface area (Å²) in [5, 5.41) is 0. The number of hydrogen-bond acceptors (Lipinski definition) is 4. The number of hydrogen-bond donors (Lipinski definition) is 2. The van der Waals surface area contributed by atoms with E-state index in [0.29, 0.717) is 5.75 Å². The molecule has 19 heavy (non-hydrogen) atoms. The predicted molar refractivity (Wildman–Crippen MR) is 69.7 cm³/mol. The first kappa shape index (κ1) is 14.8. The molecule has 0 radical (unpaired) electrons. The highest BCUT2D eigenvalue weighted by Crippen LogP contribution is 2.18. The molecule has 2 amide bonds. The van der Waals surface area contributed by atoms with Gasteiger partial charge in [-0.1, -0.05) is 12.1 Å². The monoisotopic (exact) mass is 266 g/mol. The van der Waals surface area contributed by atoms with Gasteiger partial charge in [-0.2, -0.15) is 0 Å². The van der Waals surface area contributed by atoms with E-state index in [1.165, 1.54) is 0 Å². The number of benzene rings is 1. The Labute approximate surface area is 112 Å². The molecule has 1 rings (SSSR count). The van der Waals surface area contributed by atoms with E-state index in [0.717, 1.165) is 11.1 Å². The van der Waals surface area contributed by atoms with Gasteiger partial charge in [-0.05, 0) is 38.0 Å². The van der Waals surface area contributed by atoms with Crippen molar-refractivity contribution in [1.29, 1.82) is 0 Å². The number of carbonyl (C=O) groups is 2. The smallest absolute Gasteiger partial charge is 0.426 e. The maximum Gasteiger partial charge on any atom is 0.426 e. The minimum absolute atomic E-state index is 0.184. The van der Waals surface area contributed by atoms with Crippen LogP contribution in [-0.2, 0) is 9.53 Å². The Morgan fingerprint density at radius 2 is 1.95 bits per heavy atom. The molecular formula is C13H18N2O4. The van der Waals surface area contributed by atoms with E-state index in [1.54, 1.807) is 6.92 Å². The quantitative estimate of drug-likeness (QED) is 0.809. The molecule has 0 spiro atoms. The fraction of sp³-hybridized carbons (Fsp3) is 0.385. The van der Waals surface area contributed by atoms with Gasteiger partial charge in [0.25, 0.3) is 5.91 Å². The minimum atomic E-state index is -0.706. The largest absolute Gasteiger partial charge is 0.483 e. The van der Waals surface area contributed by atoms with Crippen molar-refractivity contribution in [3.63, 3.8) is 0 Å². The van der Waals surface area contributed by atoms with Crippen molar-refractivity contribution in [3.05, 3.63) is 29.3 Å². The van der Waals surface area contributed by atoms with Gasteiger partial charge in [0, 0.05) is 0 Å². The summed E-state index contributed by atoms with van der Waals surface area (Å²) in [5.41, 5.74) is 6.28. The SMILES string of the molecule is CCOC(=O)NNC(=O)COc1cc(C)ccc1C. The molecule has 0 heterocycles. The van der Waals surface area contributed by atoms with Crippen LogP contribution < -0.4 is 15.6 Å². The van der Waals surface area contributed by atoms with Gasteiger partial charge < -0.3 is 9.47 Å². The lowest BCUT2D eigenvalue weighted by atomic mass is 10.1. The van der Waals surface area contributed by atoms with Crippen LogP contribution in [0.15, 0.2) is 18.2 Å². The third kappa shape index (κ3) is 5.29. The van der Waals surface area contributed by atoms with Crippen molar-refractivity contribution in [2.24, 2.45) is 0 Å². The zero-order chi connectivity index (χ0) is 14.3. The van der Waals surface area contributed by atoms with Crippen LogP contribution in [0.5, 0.6) is 5.75 Å². The van der Waals surface area contributed by atoms with Crippen LogP contribution >= 0.6 is 0 Å².